The summed E-state index contributed by atoms with van der Waals surface area (Å²) in [5, 5.41) is 0. The summed E-state index contributed by atoms with van der Waals surface area (Å²) in [7, 11) is 0. The van der Waals surface area contributed by atoms with Gasteiger partial charge in [0.2, 0.25) is 0 Å². The van der Waals surface area contributed by atoms with E-state index >= 15 is 0 Å². The van der Waals surface area contributed by atoms with Crippen molar-refractivity contribution < 1.29 is 9.53 Å². The number of carbonyl (C=O) groups is 1. The van der Waals surface area contributed by atoms with E-state index in [0.29, 0.717) is 13.2 Å². The minimum Gasteiger partial charge on any atom is -0.492 e. The molecule has 0 bridgehead atoms. The number of fused-ring (bicyclic) bond motifs is 1. The molecule has 0 saturated heterocycles. The molecule has 0 radical (unpaired) electrons. The summed E-state index contributed by atoms with van der Waals surface area (Å²) in [5.41, 5.74) is 1.16. The monoisotopic (exact) mass is 301 g/mol. The van der Waals surface area contributed by atoms with Crippen LogP contribution in [0.25, 0.3) is 0 Å². The molecule has 1 aromatic heterocycles. The highest BCUT2D eigenvalue weighted by Gasteiger charge is 2.18. The van der Waals surface area contributed by atoms with Gasteiger partial charge in [0.25, 0.3) is 0 Å². The van der Waals surface area contributed by atoms with Crippen molar-refractivity contribution in [2.75, 3.05) is 19.7 Å². The molecule has 110 valence electrons. The summed E-state index contributed by atoms with van der Waals surface area (Å²) in [4.78, 5) is 16.7. The van der Waals surface area contributed by atoms with Crippen molar-refractivity contribution in [1.29, 1.82) is 0 Å². The predicted octanol–water partition coefficient (Wildman–Crippen LogP) is 3.39. The average molecular weight is 301 g/mol. The van der Waals surface area contributed by atoms with Gasteiger partial charge < -0.3 is 4.74 Å². The number of carbonyl (C=O) groups excluding carboxylic acids is 1. The number of hydrogen-bond donors (Lipinski definition) is 0. The van der Waals surface area contributed by atoms with Gasteiger partial charge in [0.15, 0.2) is 5.78 Å². The third-order valence-electron chi connectivity index (χ3n) is 3.68. The average Bonchev–Trinajstić information content (AvgIpc) is 2.89. The van der Waals surface area contributed by atoms with Gasteiger partial charge in [0.1, 0.15) is 12.4 Å². The minimum absolute atomic E-state index is 0.207. The zero-order valence-corrected chi connectivity index (χ0v) is 13.0. The maximum absolute atomic E-state index is 12.4. The van der Waals surface area contributed by atoms with Gasteiger partial charge >= 0.3 is 0 Å². The molecule has 0 atom stereocenters. The van der Waals surface area contributed by atoms with Crippen LogP contribution in [0.5, 0.6) is 5.75 Å². The van der Waals surface area contributed by atoms with Crippen LogP contribution in [0.2, 0.25) is 0 Å². The van der Waals surface area contributed by atoms with E-state index in [1.807, 2.05) is 24.3 Å². The second kappa shape index (κ2) is 6.41. The quantitative estimate of drug-likeness (QED) is 0.811. The smallest absolute Gasteiger partial charge is 0.186 e. The molecule has 2 heterocycles. The highest BCUT2D eigenvalue weighted by atomic mass is 32.1. The number of Topliss-reactive ketones (excluding diaryl/α,β-unsaturated/α-hetero) is 1. The molecule has 0 fully saturated rings. The number of hydrogen-bond acceptors (Lipinski definition) is 4. The lowest BCUT2D eigenvalue weighted by atomic mass is 10.2. The Hall–Kier alpha value is -1.65. The van der Waals surface area contributed by atoms with Crippen LogP contribution in [0.15, 0.2) is 36.4 Å². The SMILES string of the molecule is CCc1ccc(C(=O)CN2CCOc3ccccc3C2)s1. The summed E-state index contributed by atoms with van der Waals surface area (Å²) in [6, 6.07) is 12.1. The van der Waals surface area contributed by atoms with Crippen molar-refractivity contribution in [2.24, 2.45) is 0 Å². The second-order valence-corrected chi connectivity index (χ2v) is 6.38. The fourth-order valence-electron chi connectivity index (χ4n) is 2.51. The van der Waals surface area contributed by atoms with E-state index in [2.05, 4.69) is 24.0 Å². The number of ether oxygens (including phenoxy) is 1. The van der Waals surface area contributed by atoms with Crippen molar-refractivity contribution in [3.8, 4) is 5.75 Å². The standard InChI is InChI=1S/C17H19NO2S/c1-2-14-7-8-17(21-14)15(19)12-18-9-10-20-16-6-4-3-5-13(16)11-18/h3-8H,2,9-12H2,1H3. The highest BCUT2D eigenvalue weighted by molar-refractivity contribution is 7.14. The summed E-state index contributed by atoms with van der Waals surface area (Å²) >= 11 is 1.61. The number of aryl methyl sites for hydroxylation is 1. The van der Waals surface area contributed by atoms with Crippen LogP contribution in [0.4, 0.5) is 0 Å². The summed E-state index contributed by atoms with van der Waals surface area (Å²) in [6.45, 7) is 4.76. The molecule has 0 spiro atoms. The van der Waals surface area contributed by atoms with Gasteiger partial charge in [-0.3, -0.25) is 9.69 Å². The lowest BCUT2D eigenvalue weighted by Crippen LogP contribution is -2.31. The Balaban J connectivity index is 1.69. The Bertz CT molecular complexity index is 635. The number of benzene rings is 1. The molecule has 2 aromatic rings. The lowest BCUT2D eigenvalue weighted by Gasteiger charge is -2.17. The van der Waals surface area contributed by atoms with Crippen molar-refractivity contribution in [3.63, 3.8) is 0 Å². The molecule has 0 saturated carbocycles. The van der Waals surface area contributed by atoms with E-state index in [4.69, 9.17) is 4.74 Å². The van der Waals surface area contributed by atoms with Crippen molar-refractivity contribution in [2.45, 2.75) is 19.9 Å². The highest BCUT2D eigenvalue weighted by Crippen LogP contribution is 2.23. The number of nitrogens with zero attached hydrogens (tertiary/aromatic N) is 1. The molecule has 1 aliphatic rings. The number of rotatable bonds is 4. The normalized spacial score (nSPS) is 15.1. The number of ketones is 1. The molecule has 0 aliphatic carbocycles. The van der Waals surface area contributed by atoms with E-state index in [9.17, 15) is 4.79 Å². The van der Waals surface area contributed by atoms with Crippen LogP contribution in [0.3, 0.4) is 0 Å². The van der Waals surface area contributed by atoms with Crippen LogP contribution in [0, 0.1) is 0 Å². The van der Waals surface area contributed by atoms with E-state index < -0.39 is 0 Å². The molecule has 3 rings (SSSR count). The van der Waals surface area contributed by atoms with Gasteiger partial charge in [-0.15, -0.1) is 11.3 Å². The van der Waals surface area contributed by atoms with Crippen molar-refractivity contribution in [3.05, 3.63) is 51.7 Å². The Morgan fingerprint density at radius 1 is 1.29 bits per heavy atom. The van der Waals surface area contributed by atoms with Crippen LogP contribution >= 0.6 is 11.3 Å². The van der Waals surface area contributed by atoms with E-state index in [1.165, 1.54) is 4.88 Å². The van der Waals surface area contributed by atoms with Crippen molar-refractivity contribution >= 4 is 17.1 Å². The molecule has 0 unspecified atom stereocenters. The molecule has 3 nitrogen and oxygen atoms in total. The van der Waals surface area contributed by atoms with E-state index in [1.54, 1.807) is 11.3 Å². The third-order valence-corrected chi connectivity index (χ3v) is 4.95. The molecule has 4 heteroatoms. The predicted molar refractivity (Wildman–Crippen MR) is 85.2 cm³/mol. The first-order valence-corrected chi connectivity index (χ1v) is 8.13. The molecule has 1 aromatic carbocycles. The molecular weight excluding hydrogens is 282 g/mol. The summed E-state index contributed by atoms with van der Waals surface area (Å²) in [6.07, 6.45) is 0.989. The zero-order valence-electron chi connectivity index (χ0n) is 12.2. The van der Waals surface area contributed by atoms with Gasteiger partial charge in [-0.05, 0) is 24.6 Å². The molecule has 0 N–H and O–H groups in total. The Morgan fingerprint density at radius 3 is 2.95 bits per heavy atom. The first kappa shape index (κ1) is 14.3. The fourth-order valence-corrected chi connectivity index (χ4v) is 3.39. The summed E-state index contributed by atoms with van der Waals surface area (Å²) < 4.78 is 5.74. The maximum Gasteiger partial charge on any atom is 0.186 e. The second-order valence-electron chi connectivity index (χ2n) is 5.21. The Labute approximate surface area is 129 Å². The molecule has 1 aliphatic heterocycles. The van der Waals surface area contributed by atoms with Crippen LogP contribution in [-0.4, -0.2) is 30.4 Å². The Kier molecular flexibility index (Phi) is 4.36. The first-order valence-electron chi connectivity index (χ1n) is 7.31. The first-order chi connectivity index (χ1) is 10.3. The van der Waals surface area contributed by atoms with Crippen LogP contribution in [-0.2, 0) is 13.0 Å². The summed E-state index contributed by atoms with van der Waals surface area (Å²) in [5.74, 6) is 1.15. The van der Waals surface area contributed by atoms with Gasteiger partial charge in [-0.2, -0.15) is 0 Å². The van der Waals surface area contributed by atoms with E-state index in [-0.39, 0.29) is 5.78 Å². The lowest BCUT2D eigenvalue weighted by molar-refractivity contribution is 0.0925. The van der Waals surface area contributed by atoms with Crippen LogP contribution in [0.1, 0.15) is 27.0 Å². The largest absolute Gasteiger partial charge is 0.492 e. The fraction of sp³-hybridized carbons (Fsp3) is 0.353. The van der Waals surface area contributed by atoms with Crippen LogP contribution < -0.4 is 4.74 Å². The zero-order chi connectivity index (χ0) is 14.7. The van der Waals surface area contributed by atoms with Gasteiger partial charge in [-0.25, -0.2) is 0 Å². The molecule has 21 heavy (non-hydrogen) atoms. The topological polar surface area (TPSA) is 29.5 Å². The van der Waals surface area contributed by atoms with Gasteiger partial charge in [-0.1, -0.05) is 25.1 Å². The Morgan fingerprint density at radius 2 is 2.14 bits per heavy atom. The van der Waals surface area contributed by atoms with Crippen molar-refractivity contribution in [1.82, 2.24) is 4.90 Å². The molecular formula is C17H19NO2S. The molecule has 0 amide bonds. The minimum atomic E-state index is 0.207. The van der Waals surface area contributed by atoms with Gasteiger partial charge in [0, 0.05) is 23.5 Å². The number of thiophene rings is 1. The van der Waals surface area contributed by atoms with Gasteiger partial charge in [0.05, 0.1) is 11.4 Å². The maximum atomic E-state index is 12.4. The third kappa shape index (κ3) is 3.34. The number of para-hydroxylation sites is 1. The van der Waals surface area contributed by atoms with E-state index in [0.717, 1.165) is 35.7 Å².